The van der Waals surface area contributed by atoms with Gasteiger partial charge in [-0.15, -0.1) is 12.4 Å². The van der Waals surface area contributed by atoms with Crippen molar-refractivity contribution in [2.24, 2.45) is 0 Å². The molecule has 2 heterocycles. The first kappa shape index (κ1) is 13.6. The van der Waals surface area contributed by atoms with Crippen LogP contribution in [0.1, 0.15) is 38.0 Å². The van der Waals surface area contributed by atoms with Crippen LogP contribution in [0, 0.1) is 0 Å². The molecule has 16 heavy (non-hydrogen) atoms. The molecule has 1 aliphatic heterocycles. The molecule has 1 aliphatic rings. The molecule has 0 bridgehead atoms. The lowest BCUT2D eigenvalue weighted by molar-refractivity contribution is 0.355. The van der Waals surface area contributed by atoms with Gasteiger partial charge in [-0.3, -0.25) is 0 Å². The number of halogens is 1. The highest BCUT2D eigenvalue weighted by Gasteiger charge is 2.14. The molecule has 1 fully saturated rings. The van der Waals surface area contributed by atoms with Crippen LogP contribution in [0.3, 0.4) is 0 Å². The molecule has 92 valence electrons. The Morgan fingerprint density at radius 2 is 2.44 bits per heavy atom. The van der Waals surface area contributed by atoms with Gasteiger partial charge in [-0.1, -0.05) is 6.42 Å². The summed E-state index contributed by atoms with van der Waals surface area (Å²) < 4.78 is 5.35. The average Bonchev–Trinajstić information content (AvgIpc) is 2.81. The first-order valence-electron chi connectivity index (χ1n) is 5.86. The van der Waals surface area contributed by atoms with E-state index in [-0.39, 0.29) is 12.4 Å². The highest BCUT2D eigenvalue weighted by Crippen LogP contribution is 2.13. The van der Waals surface area contributed by atoms with Gasteiger partial charge in [-0.2, -0.15) is 0 Å². The number of nitrogens with one attached hydrogen (secondary N) is 2. The molecule has 4 heteroatoms. The van der Waals surface area contributed by atoms with Gasteiger partial charge in [0, 0.05) is 12.6 Å². The quantitative estimate of drug-likeness (QED) is 0.855. The summed E-state index contributed by atoms with van der Waals surface area (Å²) in [5, 5.41) is 7.03. The summed E-state index contributed by atoms with van der Waals surface area (Å²) in [7, 11) is 0. The first-order valence-corrected chi connectivity index (χ1v) is 5.86. The second-order valence-corrected chi connectivity index (χ2v) is 4.29. The maximum Gasteiger partial charge on any atom is 0.120 e. The van der Waals surface area contributed by atoms with Crippen LogP contribution >= 0.6 is 12.4 Å². The van der Waals surface area contributed by atoms with E-state index in [0.717, 1.165) is 12.3 Å². The van der Waals surface area contributed by atoms with Crippen molar-refractivity contribution >= 4 is 12.4 Å². The Bertz CT molecular complexity index is 271. The summed E-state index contributed by atoms with van der Waals surface area (Å²) in [4.78, 5) is 0. The number of rotatable bonds is 4. The van der Waals surface area contributed by atoms with Crippen LogP contribution in [-0.2, 0) is 0 Å². The minimum Gasteiger partial charge on any atom is -0.468 e. The molecule has 1 aromatic rings. The van der Waals surface area contributed by atoms with Crippen molar-refractivity contribution in [3.8, 4) is 0 Å². The minimum atomic E-state index is 0. The van der Waals surface area contributed by atoms with E-state index in [1.807, 2.05) is 12.1 Å². The first-order chi connectivity index (χ1) is 7.36. The normalized spacial score (nSPS) is 22.4. The van der Waals surface area contributed by atoms with Gasteiger partial charge >= 0.3 is 0 Å². The molecular formula is C12H21ClN2O. The highest BCUT2D eigenvalue weighted by atomic mass is 35.5. The van der Waals surface area contributed by atoms with Crippen molar-refractivity contribution in [2.75, 3.05) is 13.1 Å². The monoisotopic (exact) mass is 244 g/mol. The van der Waals surface area contributed by atoms with E-state index in [9.17, 15) is 0 Å². The molecule has 0 aliphatic carbocycles. The van der Waals surface area contributed by atoms with Crippen LogP contribution in [-0.4, -0.2) is 19.1 Å². The van der Waals surface area contributed by atoms with Gasteiger partial charge in [-0.25, -0.2) is 0 Å². The Morgan fingerprint density at radius 1 is 1.56 bits per heavy atom. The summed E-state index contributed by atoms with van der Waals surface area (Å²) in [5.41, 5.74) is 0. The van der Waals surface area contributed by atoms with Gasteiger partial charge in [-0.05, 0) is 38.4 Å². The second kappa shape index (κ2) is 6.94. The van der Waals surface area contributed by atoms with Gasteiger partial charge in [0.25, 0.3) is 0 Å². The van der Waals surface area contributed by atoms with Gasteiger partial charge in [0.15, 0.2) is 0 Å². The summed E-state index contributed by atoms with van der Waals surface area (Å²) in [5.74, 6) is 1.02. The fourth-order valence-corrected chi connectivity index (χ4v) is 2.06. The van der Waals surface area contributed by atoms with E-state index in [0.29, 0.717) is 12.1 Å². The maximum absolute atomic E-state index is 5.35. The van der Waals surface area contributed by atoms with Gasteiger partial charge in [0.1, 0.15) is 5.76 Å². The second-order valence-electron chi connectivity index (χ2n) is 4.29. The zero-order valence-electron chi connectivity index (χ0n) is 9.74. The third-order valence-corrected chi connectivity index (χ3v) is 3.05. The summed E-state index contributed by atoms with van der Waals surface area (Å²) in [6.45, 7) is 4.34. The topological polar surface area (TPSA) is 37.2 Å². The largest absolute Gasteiger partial charge is 0.468 e. The molecule has 2 rings (SSSR count). The van der Waals surface area contributed by atoms with Crippen LogP contribution in [0.5, 0.6) is 0 Å². The molecule has 0 spiro atoms. The maximum atomic E-state index is 5.35. The molecule has 1 aromatic heterocycles. The molecule has 2 N–H and O–H groups in total. The predicted octanol–water partition coefficient (Wildman–Crippen LogP) is 2.49. The SMILES string of the molecule is CC(NCC1CCCCN1)c1ccco1.Cl. The molecule has 0 saturated carbocycles. The number of hydrogen-bond acceptors (Lipinski definition) is 3. The number of piperidine rings is 1. The van der Waals surface area contributed by atoms with E-state index in [2.05, 4.69) is 17.6 Å². The average molecular weight is 245 g/mol. The van der Waals surface area contributed by atoms with Crippen molar-refractivity contribution < 1.29 is 4.42 Å². The standard InChI is InChI=1S/C12H20N2O.ClH/c1-10(12-6-4-8-15-12)14-9-11-5-2-3-7-13-11;/h4,6,8,10-11,13-14H,2-3,5,7,9H2,1H3;1H. The number of hydrogen-bond donors (Lipinski definition) is 2. The lowest BCUT2D eigenvalue weighted by Crippen LogP contribution is -2.42. The molecule has 0 amide bonds. The predicted molar refractivity (Wildman–Crippen MR) is 68.0 cm³/mol. The van der Waals surface area contributed by atoms with E-state index in [1.54, 1.807) is 6.26 Å². The molecule has 0 radical (unpaired) electrons. The zero-order valence-corrected chi connectivity index (χ0v) is 10.6. The van der Waals surface area contributed by atoms with Crippen LogP contribution in [0.2, 0.25) is 0 Å². The fraction of sp³-hybridized carbons (Fsp3) is 0.667. The summed E-state index contributed by atoms with van der Waals surface area (Å²) in [6, 6.07) is 4.90. The third kappa shape index (κ3) is 3.81. The zero-order chi connectivity index (χ0) is 10.5. The van der Waals surface area contributed by atoms with Crippen molar-refractivity contribution in [1.29, 1.82) is 0 Å². The Kier molecular flexibility index (Phi) is 5.88. The lowest BCUT2D eigenvalue weighted by atomic mass is 10.0. The van der Waals surface area contributed by atoms with Gasteiger partial charge in [0.05, 0.1) is 12.3 Å². The Hall–Kier alpha value is -0.510. The van der Waals surface area contributed by atoms with Crippen LogP contribution in [0.15, 0.2) is 22.8 Å². The van der Waals surface area contributed by atoms with Crippen molar-refractivity contribution in [3.05, 3.63) is 24.2 Å². The molecule has 3 nitrogen and oxygen atoms in total. The lowest BCUT2D eigenvalue weighted by Gasteiger charge is -2.25. The molecule has 2 unspecified atom stereocenters. The summed E-state index contributed by atoms with van der Waals surface area (Å²) >= 11 is 0. The van der Waals surface area contributed by atoms with Crippen LogP contribution in [0.25, 0.3) is 0 Å². The van der Waals surface area contributed by atoms with Crippen molar-refractivity contribution in [2.45, 2.75) is 38.3 Å². The van der Waals surface area contributed by atoms with Crippen LogP contribution < -0.4 is 10.6 Å². The van der Waals surface area contributed by atoms with E-state index < -0.39 is 0 Å². The summed E-state index contributed by atoms with van der Waals surface area (Å²) in [6.07, 6.45) is 5.70. The highest BCUT2D eigenvalue weighted by molar-refractivity contribution is 5.85. The van der Waals surface area contributed by atoms with Crippen molar-refractivity contribution in [3.63, 3.8) is 0 Å². The molecular weight excluding hydrogens is 224 g/mol. The van der Waals surface area contributed by atoms with Crippen molar-refractivity contribution in [1.82, 2.24) is 10.6 Å². The fourth-order valence-electron chi connectivity index (χ4n) is 2.06. The van der Waals surface area contributed by atoms with E-state index in [4.69, 9.17) is 4.42 Å². The van der Waals surface area contributed by atoms with Gasteiger partial charge < -0.3 is 15.1 Å². The minimum absolute atomic E-state index is 0. The Balaban J connectivity index is 0.00000128. The Labute approximate surface area is 103 Å². The third-order valence-electron chi connectivity index (χ3n) is 3.05. The van der Waals surface area contributed by atoms with Gasteiger partial charge in [0.2, 0.25) is 0 Å². The molecule has 1 saturated heterocycles. The molecule has 2 atom stereocenters. The van der Waals surface area contributed by atoms with E-state index >= 15 is 0 Å². The molecule has 0 aromatic carbocycles. The Morgan fingerprint density at radius 3 is 3.06 bits per heavy atom. The smallest absolute Gasteiger partial charge is 0.120 e. The van der Waals surface area contributed by atoms with E-state index in [1.165, 1.54) is 25.8 Å². The number of furan rings is 1. The van der Waals surface area contributed by atoms with Crippen LogP contribution in [0.4, 0.5) is 0 Å².